The van der Waals surface area contributed by atoms with Crippen LogP contribution in [0.15, 0.2) is 35.7 Å². The van der Waals surface area contributed by atoms with Crippen molar-refractivity contribution < 1.29 is 14.3 Å². The molecule has 31 heavy (non-hydrogen) atoms. The van der Waals surface area contributed by atoms with Crippen LogP contribution >= 0.6 is 11.3 Å². The van der Waals surface area contributed by atoms with Gasteiger partial charge >= 0.3 is 0 Å². The van der Waals surface area contributed by atoms with Crippen molar-refractivity contribution in [1.29, 1.82) is 0 Å². The molecule has 2 aliphatic heterocycles. The zero-order chi connectivity index (χ0) is 21.6. The second kappa shape index (κ2) is 10.5. The number of carbonyl (C=O) groups excluding carboxylic acids is 1. The molecule has 1 amide bonds. The van der Waals surface area contributed by atoms with E-state index in [9.17, 15) is 4.79 Å². The number of carbonyl (C=O) groups is 1. The fourth-order valence-corrected chi connectivity index (χ4v) is 4.95. The maximum Gasteiger partial charge on any atom is 0.236 e. The summed E-state index contributed by atoms with van der Waals surface area (Å²) in [4.78, 5) is 18.7. The first-order chi connectivity index (χ1) is 15.1. The van der Waals surface area contributed by atoms with Gasteiger partial charge in [-0.2, -0.15) is 0 Å². The predicted octanol–water partition coefficient (Wildman–Crippen LogP) is 3.54. The van der Waals surface area contributed by atoms with Crippen LogP contribution in [0.1, 0.15) is 36.8 Å². The van der Waals surface area contributed by atoms with Gasteiger partial charge in [0.15, 0.2) is 11.5 Å². The molecular formula is C24H33N3O3S. The molecule has 4 rings (SSSR count). The Morgan fingerprint density at radius 2 is 1.87 bits per heavy atom. The lowest BCUT2D eigenvalue weighted by Gasteiger charge is -2.35. The maximum atomic E-state index is 12.9. The average molecular weight is 444 g/mol. The number of nitrogens with zero attached hydrogens (tertiary/aromatic N) is 2. The minimum absolute atomic E-state index is 0.0845. The van der Waals surface area contributed by atoms with E-state index < -0.39 is 0 Å². The van der Waals surface area contributed by atoms with Crippen molar-refractivity contribution in [3.05, 3.63) is 46.2 Å². The molecule has 1 saturated heterocycles. The fraction of sp³-hybridized carbons (Fsp3) is 0.542. The van der Waals surface area contributed by atoms with Crippen LogP contribution in [0, 0.1) is 5.92 Å². The summed E-state index contributed by atoms with van der Waals surface area (Å²) < 4.78 is 11.6. The Bertz CT molecular complexity index is 848. The van der Waals surface area contributed by atoms with Gasteiger partial charge in [0.2, 0.25) is 5.91 Å². The largest absolute Gasteiger partial charge is 0.490 e. The van der Waals surface area contributed by atoms with Crippen LogP contribution in [-0.4, -0.2) is 61.6 Å². The topological polar surface area (TPSA) is 54.0 Å². The first-order valence-electron chi connectivity index (χ1n) is 11.3. The van der Waals surface area contributed by atoms with Gasteiger partial charge in [-0.05, 0) is 35.1 Å². The summed E-state index contributed by atoms with van der Waals surface area (Å²) in [5.74, 6) is 2.13. The SMILES string of the molecule is CC(C)[C@@H](NCC(=O)N1CCN(Cc2cccs2)CC1)c1ccc2c(c1)OCCCO2. The quantitative estimate of drug-likeness (QED) is 0.709. The fourth-order valence-electron chi connectivity index (χ4n) is 4.20. The Morgan fingerprint density at radius 3 is 2.58 bits per heavy atom. The highest BCUT2D eigenvalue weighted by Crippen LogP contribution is 2.34. The molecule has 1 aromatic heterocycles. The standard InChI is InChI=1S/C24H33N3O3S/c1-18(2)24(19-6-7-21-22(15-19)30-13-4-12-29-21)25-16-23(28)27-10-8-26(9-11-27)17-20-5-3-14-31-20/h3,5-7,14-15,18,24-25H,4,8-13,16-17H2,1-2H3/t24-/m1/s1. The van der Waals surface area contributed by atoms with Crippen molar-refractivity contribution in [3.8, 4) is 11.5 Å². The molecule has 2 aliphatic rings. The Labute approximate surface area is 189 Å². The number of hydrogen-bond acceptors (Lipinski definition) is 6. The molecule has 7 heteroatoms. The molecule has 1 atom stereocenters. The van der Waals surface area contributed by atoms with E-state index in [0.717, 1.165) is 56.2 Å². The van der Waals surface area contributed by atoms with E-state index in [1.807, 2.05) is 11.0 Å². The third kappa shape index (κ3) is 5.79. The normalized spacial score (nSPS) is 18.1. The highest BCUT2D eigenvalue weighted by atomic mass is 32.1. The summed E-state index contributed by atoms with van der Waals surface area (Å²) in [6.45, 7) is 10.5. The molecule has 2 aromatic rings. The van der Waals surface area contributed by atoms with Crippen LogP contribution in [-0.2, 0) is 11.3 Å². The van der Waals surface area contributed by atoms with E-state index in [4.69, 9.17) is 9.47 Å². The van der Waals surface area contributed by atoms with Gasteiger partial charge in [-0.3, -0.25) is 9.69 Å². The zero-order valence-electron chi connectivity index (χ0n) is 18.5. The van der Waals surface area contributed by atoms with Crippen molar-refractivity contribution >= 4 is 17.2 Å². The van der Waals surface area contributed by atoms with Crippen molar-refractivity contribution in [2.75, 3.05) is 45.9 Å². The van der Waals surface area contributed by atoms with Gasteiger partial charge in [-0.15, -0.1) is 11.3 Å². The summed E-state index contributed by atoms with van der Waals surface area (Å²) >= 11 is 1.80. The number of nitrogens with one attached hydrogen (secondary N) is 1. The number of amides is 1. The van der Waals surface area contributed by atoms with Crippen molar-refractivity contribution in [3.63, 3.8) is 0 Å². The molecule has 0 radical (unpaired) electrons. The van der Waals surface area contributed by atoms with Crippen molar-refractivity contribution in [2.45, 2.75) is 32.9 Å². The predicted molar refractivity (Wildman–Crippen MR) is 124 cm³/mol. The van der Waals surface area contributed by atoms with Gasteiger partial charge in [0, 0.05) is 50.1 Å². The lowest BCUT2D eigenvalue weighted by molar-refractivity contribution is -0.132. The summed E-state index contributed by atoms with van der Waals surface area (Å²) in [5, 5.41) is 5.62. The minimum atomic E-state index is 0.0845. The van der Waals surface area contributed by atoms with Gasteiger partial charge in [0.1, 0.15) is 0 Å². The van der Waals surface area contributed by atoms with Gasteiger partial charge < -0.3 is 19.7 Å². The first-order valence-corrected chi connectivity index (χ1v) is 12.1. The summed E-state index contributed by atoms with van der Waals surface area (Å²) in [7, 11) is 0. The van der Waals surface area contributed by atoms with E-state index in [2.05, 4.69) is 53.7 Å². The smallest absolute Gasteiger partial charge is 0.236 e. The number of ether oxygens (including phenoxy) is 2. The van der Waals surface area contributed by atoms with Crippen LogP contribution in [0.4, 0.5) is 0 Å². The number of piperazine rings is 1. The Morgan fingerprint density at radius 1 is 1.10 bits per heavy atom. The van der Waals surface area contributed by atoms with Crippen LogP contribution < -0.4 is 14.8 Å². The van der Waals surface area contributed by atoms with E-state index in [1.54, 1.807) is 11.3 Å². The van der Waals surface area contributed by atoms with Crippen LogP contribution in [0.2, 0.25) is 0 Å². The summed E-state index contributed by atoms with van der Waals surface area (Å²) in [5.41, 5.74) is 1.13. The van der Waals surface area contributed by atoms with Crippen molar-refractivity contribution in [1.82, 2.24) is 15.1 Å². The first kappa shape index (κ1) is 22.1. The minimum Gasteiger partial charge on any atom is -0.490 e. The lowest BCUT2D eigenvalue weighted by Crippen LogP contribution is -2.50. The third-order valence-corrected chi connectivity index (χ3v) is 6.82. The van der Waals surface area contributed by atoms with E-state index >= 15 is 0 Å². The number of thiophene rings is 1. The second-order valence-electron chi connectivity index (χ2n) is 8.60. The lowest BCUT2D eigenvalue weighted by atomic mass is 9.95. The number of benzene rings is 1. The van der Waals surface area contributed by atoms with E-state index in [1.165, 1.54) is 4.88 Å². The van der Waals surface area contributed by atoms with Crippen LogP contribution in [0.25, 0.3) is 0 Å². The molecule has 0 bridgehead atoms. The molecular weight excluding hydrogens is 410 g/mol. The molecule has 0 unspecified atom stereocenters. The molecule has 3 heterocycles. The number of fused-ring (bicyclic) bond motifs is 1. The van der Waals surface area contributed by atoms with Gasteiger partial charge in [0.05, 0.1) is 19.8 Å². The highest BCUT2D eigenvalue weighted by Gasteiger charge is 2.24. The molecule has 0 saturated carbocycles. The second-order valence-corrected chi connectivity index (χ2v) is 9.63. The van der Waals surface area contributed by atoms with Gasteiger partial charge in [0.25, 0.3) is 0 Å². The molecule has 0 spiro atoms. The average Bonchev–Trinajstić information content (AvgIpc) is 3.16. The molecule has 1 aromatic carbocycles. The number of rotatable bonds is 7. The maximum absolute atomic E-state index is 12.9. The molecule has 6 nitrogen and oxygen atoms in total. The van der Waals surface area contributed by atoms with E-state index in [-0.39, 0.29) is 11.9 Å². The third-order valence-electron chi connectivity index (χ3n) is 5.96. The van der Waals surface area contributed by atoms with Gasteiger partial charge in [-0.1, -0.05) is 26.0 Å². The summed E-state index contributed by atoms with van der Waals surface area (Å²) in [6, 6.07) is 10.5. The summed E-state index contributed by atoms with van der Waals surface area (Å²) in [6.07, 6.45) is 0.894. The number of hydrogen-bond donors (Lipinski definition) is 1. The molecule has 168 valence electrons. The van der Waals surface area contributed by atoms with Gasteiger partial charge in [-0.25, -0.2) is 0 Å². The Balaban J connectivity index is 1.30. The Hall–Kier alpha value is -2.09. The van der Waals surface area contributed by atoms with Crippen LogP contribution in [0.3, 0.4) is 0 Å². The van der Waals surface area contributed by atoms with Crippen LogP contribution in [0.5, 0.6) is 11.5 Å². The Kier molecular flexibility index (Phi) is 7.48. The molecule has 1 fully saturated rings. The highest BCUT2D eigenvalue weighted by molar-refractivity contribution is 7.09. The molecule has 1 N–H and O–H groups in total. The monoisotopic (exact) mass is 443 g/mol. The molecule has 0 aliphatic carbocycles. The zero-order valence-corrected chi connectivity index (χ0v) is 19.3. The van der Waals surface area contributed by atoms with E-state index in [0.29, 0.717) is 25.7 Å². The van der Waals surface area contributed by atoms with Crippen molar-refractivity contribution in [2.24, 2.45) is 5.92 Å².